The first-order valence-electron chi connectivity index (χ1n) is 12.3. The highest BCUT2D eigenvalue weighted by Gasteiger charge is 2.41. The lowest BCUT2D eigenvalue weighted by molar-refractivity contribution is -0.304. The normalized spacial score (nSPS) is 11.8. The maximum atomic E-state index is 9.78. The van der Waals surface area contributed by atoms with Gasteiger partial charge in [0.05, 0.1) is 0 Å². The van der Waals surface area contributed by atoms with Crippen LogP contribution >= 0.6 is 0 Å². The summed E-state index contributed by atoms with van der Waals surface area (Å²) in [5.74, 6) is 0. The molecule has 0 spiro atoms. The van der Waals surface area contributed by atoms with Gasteiger partial charge in [0, 0.05) is 6.42 Å². The Hall–Kier alpha value is -4.00. The van der Waals surface area contributed by atoms with Gasteiger partial charge in [-0.05, 0) is 49.0 Å². The minimum Gasteiger partial charge on any atom is -0.400 e. The fourth-order valence-electron chi connectivity index (χ4n) is 5.45. The molecule has 4 nitrogen and oxygen atoms in total. The van der Waals surface area contributed by atoms with E-state index >= 15 is 0 Å². The van der Waals surface area contributed by atoms with Crippen molar-refractivity contribution < 1.29 is 19.7 Å². The van der Waals surface area contributed by atoms with E-state index in [4.69, 9.17) is 9.69 Å². The zero-order chi connectivity index (χ0) is 25.2. The van der Waals surface area contributed by atoms with Gasteiger partial charge < -0.3 is 10.0 Å². The Bertz CT molecular complexity index is 1620. The molecule has 6 aromatic rings. The van der Waals surface area contributed by atoms with Gasteiger partial charge in [-0.3, -0.25) is 0 Å². The summed E-state index contributed by atoms with van der Waals surface area (Å²) in [5, 5.41) is 25.9. The van der Waals surface area contributed by atoms with Crippen LogP contribution in [0.1, 0.15) is 16.7 Å². The number of rotatable bonds is 7. The average Bonchev–Trinajstić information content (AvgIpc) is 2.95. The van der Waals surface area contributed by atoms with E-state index in [1.165, 1.54) is 0 Å². The quantitative estimate of drug-likeness (QED) is 0.153. The lowest BCUT2D eigenvalue weighted by Crippen LogP contribution is -2.37. The summed E-state index contributed by atoms with van der Waals surface area (Å²) in [6.07, 6.45) is 0.392. The molecule has 37 heavy (non-hydrogen) atoms. The van der Waals surface area contributed by atoms with Crippen molar-refractivity contribution >= 4 is 39.6 Å². The molecule has 6 rings (SSSR count). The van der Waals surface area contributed by atoms with Gasteiger partial charge in [-0.15, -0.1) is 0 Å². The van der Waals surface area contributed by atoms with Gasteiger partial charge in [0.2, 0.25) is 0 Å². The number of fused-ring (bicyclic) bond motifs is 3. The molecule has 6 aromatic carbocycles. The highest BCUT2D eigenvalue weighted by atomic mass is 17.2. The van der Waals surface area contributed by atoms with Crippen LogP contribution in [0.5, 0.6) is 0 Å². The summed E-state index contributed by atoms with van der Waals surface area (Å²) in [5.41, 5.74) is 1.58. The summed E-state index contributed by atoms with van der Waals surface area (Å²) >= 11 is 0. The van der Waals surface area contributed by atoms with Gasteiger partial charge in [-0.2, -0.15) is 0 Å². The highest BCUT2D eigenvalue weighted by molar-refractivity contribution is 6.32. The molecule has 0 saturated carbocycles. The fraction of sp³-hybridized carbons (Fsp3) is 0.0625. The SMILES string of the molecule is OB(O)OOC(Cc1cccc2ccccc12)(c1cccc2ccccc12)c1cccc2ccccc12. The van der Waals surface area contributed by atoms with Crippen LogP contribution in [0.4, 0.5) is 0 Å². The van der Waals surface area contributed by atoms with Crippen molar-refractivity contribution in [2.45, 2.75) is 12.0 Å². The van der Waals surface area contributed by atoms with Crippen molar-refractivity contribution in [1.82, 2.24) is 0 Å². The summed E-state index contributed by atoms with van der Waals surface area (Å²) in [7, 11) is -2.10. The topological polar surface area (TPSA) is 58.9 Å². The Kier molecular flexibility index (Phi) is 6.21. The predicted molar refractivity (Wildman–Crippen MR) is 149 cm³/mol. The van der Waals surface area contributed by atoms with Crippen molar-refractivity contribution in [1.29, 1.82) is 0 Å². The second-order valence-electron chi connectivity index (χ2n) is 9.20. The van der Waals surface area contributed by atoms with Crippen LogP contribution in [-0.4, -0.2) is 17.4 Å². The molecule has 5 heteroatoms. The van der Waals surface area contributed by atoms with E-state index in [2.05, 4.69) is 60.7 Å². The molecule has 0 bridgehead atoms. The Morgan fingerprint density at radius 2 is 0.946 bits per heavy atom. The summed E-state index contributed by atoms with van der Waals surface area (Å²) in [6, 6.07) is 42.9. The van der Waals surface area contributed by atoms with E-state index in [-0.39, 0.29) is 0 Å². The van der Waals surface area contributed by atoms with Crippen LogP contribution in [0.15, 0.2) is 127 Å². The lowest BCUT2D eigenvalue weighted by Gasteiger charge is -2.36. The first-order chi connectivity index (χ1) is 18.2. The molecule has 0 heterocycles. The third kappa shape index (κ3) is 4.28. The number of hydrogen-bond donors (Lipinski definition) is 2. The molecule has 0 radical (unpaired) electrons. The van der Waals surface area contributed by atoms with Crippen LogP contribution in [0, 0.1) is 0 Å². The average molecular weight is 484 g/mol. The molecule has 0 aliphatic heterocycles. The Balaban J connectivity index is 1.71. The highest BCUT2D eigenvalue weighted by Crippen LogP contribution is 2.44. The van der Waals surface area contributed by atoms with Crippen LogP contribution in [-0.2, 0) is 21.7 Å². The molecule has 0 aliphatic carbocycles. The monoisotopic (exact) mass is 484 g/mol. The maximum Gasteiger partial charge on any atom is 0.662 e. The Morgan fingerprint density at radius 3 is 1.49 bits per heavy atom. The molecule has 0 aromatic heterocycles. The summed E-state index contributed by atoms with van der Waals surface area (Å²) in [6.45, 7) is 0. The standard InChI is InChI=1S/C32H25BO4/c34-33(35)37-36-32(30-20-8-14-24-11-2-5-18-28(24)30,31-21-9-15-25-12-3-6-19-29(25)31)22-26-16-7-13-23-10-1-4-17-27(23)26/h1-21,34-35H,22H2. The van der Waals surface area contributed by atoms with Gasteiger partial charge in [-0.25, -0.2) is 9.69 Å². The molecule has 180 valence electrons. The molecule has 0 aliphatic rings. The molecule has 0 amide bonds. The molecular formula is C32H25BO4. The minimum absolute atomic E-state index is 0.392. The predicted octanol–water partition coefficient (Wildman–Crippen LogP) is 6.55. The van der Waals surface area contributed by atoms with Gasteiger partial charge in [0.15, 0.2) is 5.60 Å². The second-order valence-corrected chi connectivity index (χ2v) is 9.20. The van der Waals surface area contributed by atoms with Crippen molar-refractivity contribution in [2.24, 2.45) is 0 Å². The van der Waals surface area contributed by atoms with Crippen LogP contribution in [0.25, 0.3) is 32.3 Å². The van der Waals surface area contributed by atoms with Gasteiger partial charge in [0.25, 0.3) is 0 Å². The molecule has 0 saturated heterocycles. The third-order valence-corrected chi connectivity index (χ3v) is 7.05. The summed E-state index contributed by atoms with van der Waals surface area (Å²) < 4.78 is 0. The van der Waals surface area contributed by atoms with Crippen molar-refractivity contribution in [2.75, 3.05) is 0 Å². The smallest absolute Gasteiger partial charge is 0.400 e. The Morgan fingerprint density at radius 1 is 0.514 bits per heavy atom. The van der Waals surface area contributed by atoms with Crippen LogP contribution in [0.2, 0.25) is 0 Å². The fourth-order valence-corrected chi connectivity index (χ4v) is 5.45. The maximum absolute atomic E-state index is 9.78. The van der Waals surface area contributed by atoms with Crippen molar-refractivity contribution in [3.05, 3.63) is 144 Å². The van der Waals surface area contributed by atoms with Gasteiger partial charge in [-0.1, -0.05) is 127 Å². The third-order valence-electron chi connectivity index (χ3n) is 7.05. The van der Waals surface area contributed by atoms with E-state index in [0.29, 0.717) is 6.42 Å². The van der Waals surface area contributed by atoms with Crippen LogP contribution < -0.4 is 0 Å². The molecule has 0 unspecified atom stereocenters. The first-order valence-corrected chi connectivity index (χ1v) is 12.3. The minimum atomic E-state index is -2.10. The summed E-state index contributed by atoms with van der Waals surface area (Å²) in [4.78, 5) is 11.4. The van der Waals surface area contributed by atoms with Crippen molar-refractivity contribution in [3.63, 3.8) is 0 Å². The first kappa shape index (κ1) is 23.4. The van der Waals surface area contributed by atoms with E-state index in [9.17, 15) is 10.0 Å². The van der Waals surface area contributed by atoms with E-state index in [1.54, 1.807) is 0 Å². The molecular weight excluding hydrogens is 459 g/mol. The van der Waals surface area contributed by atoms with Crippen LogP contribution in [0.3, 0.4) is 0 Å². The largest absolute Gasteiger partial charge is 0.662 e. The zero-order valence-electron chi connectivity index (χ0n) is 20.1. The van der Waals surface area contributed by atoms with E-state index < -0.39 is 12.9 Å². The van der Waals surface area contributed by atoms with Gasteiger partial charge in [0.1, 0.15) is 0 Å². The van der Waals surface area contributed by atoms with E-state index in [0.717, 1.165) is 49.0 Å². The van der Waals surface area contributed by atoms with Crippen molar-refractivity contribution in [3.8, 4) is 0 Å². The lowest BCUT2D eigenvalue weighted by atomic mass is 9.77. The Labute approximate surface area is 215 Å². The molecule has 2 N–H and O–H groups in total. The molecule has 0 fully saturated rings. The molecule has 0 atom stereocenters. The second kappa shape index (κ2) is 9.81. The zero-order valence-corrected chi connectivity index (χ0v) is 20.1. The number of hydrogen-bond acceptors (Lipinski definition) is 4. The number of benzene rings is 6. The van der Waals surface area contributed by atoms with Gasteiger partial charge >= 0.3 is 7.32 Å². The van der Waals surface area contributed by atoms with E-state index in [1.807, 2.05) is 66.7 Å².